The Morgan fingerprint density at radius 1 is 1.12 bits per heavy atom. The SMILES string of the molecule is C[C@@H](C(=O)Nc1ccc(F)c(F)c1)N(c1ccc(Cl)cc1)S(C)(=O)=O. The maximum absolute atomic E-state index is 13.2. The van der Waals surface area contributed by atoms with Crippen molar-refractivity contribution in [1.82, 2.24) is 0 Å². The molecule has 1 atom stereocenters. The quantitative estimate of drug-likeness (QED) is 0.853. The van der Waals surface area contributed by atoms with Gasteiger partial charge in [-0.15, -0.1) is 0 Å². The van der Waals surface area contributed by atoms with Crippen LogP contribution in [0, 0.1) is 11.6 Å². The van der Waals surface area contributed by atoms with E-state index < -0.39 is 33.6 Å². The predicted molar refractivity (Wildman–Crippen MR) is 93.2 cm³/mol. The zero-order chi connectivity index (χ0) is 18.8. The smallest absolute Gasteiger partial charge is 0.247 e. The van der Waals surface area contributed by atoms with E-state index in [1.54, 1.807) is 0 Å². The molecule has 0 saturated carbocycles. The highest BCUT2D eigenvalue weighted by atomic mass is 35.5. The van der Waals surface area contributed by atoms with Gasteiger partial charge < -0.3 is 5.32 Å². The summed E-state index contributed by atoms with van der Waals surface area (Å²) < 4.78 is 51.3. The first-order valence-corrected chi connectivity index (χ1v) is 9.33. The Morgan fingerprint density at radius 2 is 1.72 bits per heavy atom. The summed E-state index contributed by atoms with van der Waals surface area (Å²) in [6, 6.07) is 7.63. The van der Waals surface area contributed by atoms with E-state index in [-0.39, 0.29) is 11.4 Å². The number of hydrogen-bond acceptors (Lipinski definition) is 3. The van der Waals surface area contributed by atoms with Crippen LogP contribution in [0.5, 0.6) is 0 Å². The molecule has 2 aromatic rings. The fraction of sp³-hybridized carbons (Fsp3) is 0.188. The summed E-state index contributed by atoms with van der Waals surface area (Å²) in [5.41, 5.74) is 0.264. The van der Waals surface area contributed by atoms with E-state index in [9.17, 15) is 22.0 Å². The van der Waals surface area contributed by atoms with Crippen LogP contribution in [-0.2, 0) is 14.8 Å². The van der Waals surface area contributed by atoms with Gasteiger partial charge in [-0.3, -0.25) is 9.10 Å². The minimum Gasteiger partial charge on any atom is -0.324 e. The number of sulfonamides is 1. The molecule has 0 radical (unpaired) electrons. The number of amides is 1. The van der Waals surface area contributed by atoms with Crippen LogP contribution in [0.2, 0.25) is 5.02 Å². The Kier molecular flexibility index (Phi) is 5.64. The lowest BCUT2D eigenvalue weighted by Gasteiger charge is -2.28. The third-order valence-corrected chi connectivity index (χ3v) is 4.85. The third-order valence-electron chi connectivity index (χ3n) is 3.36. The molecule has 25 heavy (non-hydrogen) atoms. The highest BCUT2D eigenvalue weighted by molar-refractivity contribution is 7.92. The Bertz CT molecular complexity index is 889. The molecule has 134 valence electrons. The van der Waals surface area contributed by atoms with Crippen molar-refractivity contribution < 1.29 is 22.0 Å². The fourth-order valence-electron chi connectivity index (χ4n) is 2.22. The molecule has 5 nitrogen and oxygen atoms in total. The average Bonchev–Trinajstić information content (AvgIpc) is 2.51. The van der Waals surface area contributed by atoms with Crippen LogP contribution in [0.15, 0.2) is 42.5 Å². The van der Waals surface area contributed by atoms with E-state index in [2.05, 4.69) is 5.32 Å². The molecule has 0 heterocycles. The second-order valence-corrected chi connectivity index (χ2v) is 7.63. The minimum atomic E-state index is -3.79. The van der Waals surface area contributed by atoms with Gasteiger partial charge >= 0.3 is 0 Å². The van der Waals surface area contributed by atoms with Crippen molar-refractivity contribution in [3.8, 4) is 0 Å². The molecule has 0 fully saturated rings. The molecule has 0 bridgehead atoms. The molecular weight excluding hydrogens is 374 g/mol. The second-order valence-electron chi connectivity index (χ2n) is 5.33. The molecule has 9 heteroatoms. The summed E-state index contributed by atoms with van der Waals surface area (Å²) in [6.45, 7) is 1.38. The van der Waals surface area contributed by atoms with Gasteiger partial charge in [-0.25, -0.2) is 17.2 Å². The van der Waals surface area contributed by atoms with E-state index in [0.717, 1.165) is 22.7 Å². The summed E-state index contributed by atoms with van der Waals surface area (Å²) in [7, 11) is -3.79. The maximum Gasteiger partial charge on any atom is 0.247 e. The second kappa shape index (κ2) is 7.37. The van der Waals surface area contributed by atoms with E-state index in [1.165, 1.54) is 37.3 Å². The van der Waals surface area contributed by atoms with E-state index >= 15 is 0 Å². The predicted octanol–water partition coefficient (Wildman–Crippen LogP) is 3.41. The topological polar surface area (TPSA) is 66.5 Å². The Labute approximate surface area is 149 Å². The van der Waals surface area contributed by atoms with Gasteiger partial charge in [0.2, 0.25) is 15.9 Å². The highest BCUT2D eigenvalue weighted by Crippen LogP contribution is 2.23. The first-order valence-electron chi connectivity index (χ1n) is 7.10. The largest absolute Gasteiger partial charge is 0.324 e. The van der Waals surface area contributed by atoms with Gasteiger partial charge in [-0.1, -0.05) is 11.6 Å². The molecule has 1 N–H and O–H groups in total. The van der Waals surface area contributed by atoms with Crippen LogP contribution in [-0.4, -0.2) is 26.6 Å². The molecular formula is C16H15ClF2N2O3S. The fourth-order valence-corrected chi connectivity index (χ4v) is 3.52. The standard InChI is InChI=1S/C16H15ClF2N2O3S/c1-10(16(22)20-12-5-8-14(18)15(19)9-12)21(25(2,23)24)13-6-3-11(17)4-7-13/h3-10H,1-2H3,(H,20,22)/t10-/m0/s1. The lowest BCUT2D eigenvalue weighted by atomic mass is 10.2. The number of benzene rings is 2. The molecule has 2 aromatic carbocycles. The van der Waals surface area contributed by atoms with E-state index in [0.29, 0.717) is 5.02 Å². The number of carbonyl (C=O) groups excluding carboxylic acids is 1. The zero-order valence-corrected chi connectivity index (χ0v) is 14.9. The van der Waals surface area contributed by atoms with Crippen molar-refractivity contribution in [3.63, 3.8) is 0 Å². The summed E-state index contributed by atoms with van der Waals surface area (Å²) >= 11 is 5.79. The van der Waals surface area contributed by atoms with Crippen LogP contribution < -0.4 is 9.62 Å². The van der Waals surface area contributed by atoms with Gasteiger partial charge in [-0.2, -0.15) is 0 Å². The molecule has 0 aliphatic carbocycles. The van der Waals surface area contributed by atoms with Gasteiger partial charge in [0, 0.05) is 16.8 Å². The van der Waals surface area contributed by atoms with Gasteiger partial charge in [0.25, 0.3) is 0 Å². The zero-order valence-electron chi connectivity index (χ0n) is 13.3. The first kappa shape index (κ1) is 19.1. The van der Waals surface area contributed by atoms with Crippen molar-refractivity contribution >= 4 is 38.9 Å². The Morgan fingerprint density at radius 3 is 2.24 bits per heavy atom. The van der Waals surface area contributed by atoms with Crippen LogP contribution in [0.3, 0.4) is 0 Å². The van der Waals surface area contributed by atoms with Crippen molar-refractivity contribution in [2.75, 3.05) is 15.9 Å². The Balaban J connectivity index is 2.29. The number of halogens is 3. The number of nitrogens with one attached hydrogen (secondary N) is 1. The summed E-state index contributed by atoms with van der Waals surface area (Å²) in [6.07, 6.45) is 0.961. The summed E-state index contributed by atoms with van der Waals surface area (Å²) in [5, 5.41) is 2.78. The van der Waals surface area contributed by atoms with E-state index in [1.807, 2.05) is 0 Å². The lowest BCUT2D eigenvalue weighted by molar-refractivity contribution is -0.116. The minimum absolute atomic E-state index is 0.0142. The van der Waals surface area contributed by atoms with Crippen molar-refractivity contribution in [3.05, 3.63) is 59.1 Å². The summed E-state index contributed by atoms with van der Waals surface area (Å²) in [5.74, 6) is -2.88. The normalized spacial score (nSPS) is 12.5. The molecule has 0 aliphatic rings. The molecule has 0 unspecified atom stereocenters. The van der Waals surface area contributed by atoms with Gasteiger partial charge in [0.05, 0.1) is 11.9 Å². The number of rotatable bonds is 5. The number of carbonyl (C=O) groups is 1. The monoisotopic (exact) mass is 388 g/mol. The number of nitrogens with zero attached hydrogens (tertiary/aromatic N) is 1. The molecule has 0 spiro atoms. The van der Waals surface area contributed by atoms with Crippen molar-refractivity contribution in [1.29, 1.82) is 0 Å². The first-order chi connectivity index (χ1) is 11.6. The lowest BCUT2D eigenvalue weighted by Crippen LogP contribution is -2.45. The number of anilines is 2. The van der Waals surface area contributed by atoms with Crippen LogP contribution >= 0.6 is 11.6 Å². The van der Waals surface area contributed by atoms with Gasteiger partial charge in [0.1, 0.15) is 6.04 Å². The summed E-state index contributed by atoms with van der Waals surface area (Å²) in [4.78, 5) is 12.4. The average molecular weight is 389 g/mol. The molecule has 2 rings (SSSR count). The van der Waals surface area contributed by atoms with Gasteiger partial charge in [0.15, 0.2) is 11.6 Å². The third kappa shape index (κ3) is 4.67. The maximum atomic E-state index is 13.2. The van der Waals surface area contributed by atoms with E-state index in [4.69, 9.17) is 11.6 Å². The van der Waals surface area contributed by atoms with Crippen molar-refractivity contribution in [2.24, 2.45) is 0 Å². The number of hydrogen-bond donors (Lipinski definition) is 1. The molecule has 0 saturated heterocycles. The molecule has 0 aromatic heterocycles. The Hall–Kier alpha value is -2.19. The van der Waals surface area contributed by atoms with Crippen LogP contribution in [0.25, 0.3) is 0 Å². The van der Waals surface area contributed by atoms with Crippen LogP contribution in [0.1, 0.15) is 6.92 Å². The van der Waals surface area contributed by atoms with Crippen LogP contribution in [0.4, 0.5) is 20.2 Å². The van der Waals surface area contributed by atoms with Crippen molar-refractivity contribution in [2.45, 2.75) is 13.0 Å². The molecule has 1 amide bonds. The van der Waals surface area contributed by atoms with Gasteiger partial charge in [-0.05, 0) is 43.3 Å². The highest BCUT2D eigenvalue weighted by Gasteiger charge is 2.29. The molecule has 0 aliphatic heterocycles.